The molecule has 7 nitrogen and oxygen atoms in total. The number of amides is 2. The highest BCUT2D eigenvalue weighted by Crippen LogP contribution is 2.30. The van der Waals surface area contributed by atoms with Crippen molar-refractivity contribution >= 4 is 56.4 Å². The number of benzene rings is 3. The third-order valence-corrected chi connectivity index (χ3v) is 6.82. The first-order chi connectivity index (χ1) is 17.4. The smallest absolute Gasteiger partial charge is 0.257 e. The van der Waals surface area contributed by atoms with Gasteiger partial charge in [-0.25, -0.2) is 4.90 Å². The van der Waals surface area contributed by atoms with Gasteiger partial charge in [0.1, 0.15) is 6.04 Å². The van der Waals surface area contributed by atoms with Crippen LogP contribution in [0.15, 0.2) is 77.3 Å². The molecule has 3 aromatic carbocycles. The number of hydrogen-bond acceptors (Lipinski definition) is 5. The molecule has 0 spiro atoms. The Balaban J connectivity index is 1.59. The van der Waals surface area contributed by atoms with Gasteiger partial charge in [0.2, 0.25) is 5.91 Å². The molecule has 0 saturated carbocycles. The molecule has 3 aromatic rings. The molecule has 1 N–H and O–H groups in total. The quantitative estimate of drug-likeness (QED) is 0.302. The van der Waals surface area contributed by atoms with Crippen LogP contribution in [0.4, 0.5) is 11.4 Å². The first kappa shape index (κ1) is 25.7. The maximum Gasteiger partial charge on any atom is 0.257 e. The first-order valence-electron chi connectivity index (χ1n) is 11.4. The van der Waals surface area contributed by atoms with E-state index in [1.54, 1.807) is 43.4 Å². The molecule has 0 aliphatic carbocycles. The van der Waals surface area contributed by atoms with Crippen molar-refractivity contribution in [2.24, 2.45) is 0 Å². The van der Waals surface area contributed by atoms with Crippen LogP contribution in [0.1, 0.15) is 12.0 Å². The number of nitrogens with one attached hydrogen (secondary N) is 1. The SMILES string of the molecule is COc1ccc(CCN(C(=S)Nc2ccccc2)[C@H]2CC(=O)N(c3ccc(Br)cc3)C2=O)cc1OC. The maximum absolute atomic E-state index is 13.5. The van der Waals surface area contributed by atoms with Gasteiger partial charge in [0.25, 0.3) is 5.91 Å². The molecular formula is C27H26BrN3O4S. The summed E-state index contributed by atoms with van der Waals surface area (Å²) in [5.74, 6) is 0.707. The second-order valence-corrected chi connectivity index (χ2v) is 9.50. The van der Waals surface area contributed by atoms with Gasteiger partial charge in [-0.3, -0.25) is 9.59 Å². The largest absolute Gasteiger partial charge is 0.493 e. The average Bonchev–Trinajstić information content (AvgIpc) is 3.18. The number of hydrogen-bond donors (Lipinski definition) is 1. The van der Waals surface area contributed by atoms with Crippen molar-refractivity contribution in [1.82, 2.24) is 4.90 Å². The summed E-state index contributed by atoms with van der Waals surface area (Å²) in [6.07, 6.45) is 0.616. The molecule has 4 rings (SSSR count). The Bertz CT molecular complexity index is 1250. The van der Waals surface area contributed by atoms with Crippen LogP contribution < -0.4 is 19.7 Å². The monoisotopic (exact) mass is 567 g/mol. The standard InChI is InChI=1S/C27H26BrN3O4S/c1-34-23-13-8-18(16-24(23)35-2)14-15-30(27(36)29-20-6-4-3-5-7-20)22-17-25(32)31(26(22)33)21-11-9-19(28)10-12-21/h3-13,16,22H,14-15,17H2,1-2H3,(H,29,36)/t22-/m0/s1. The van der Waals surface area contributed by atoms with Crippen LogP contribution in [-0.4, -0.2) is 48.6 Å². The minimum Gasteiger partial charge on any atom is -0.493 e. The van der Waals surface area contributed by atoms with Crippen molar-refractivity contribution in [3.05, 3.63) is 82.8 Å². The van der Waals surface area contributed by atoms with Crippen molar-refractivity contribution in [1.29, 1.82) is 0 Å². The van der Waals surface area contributed by atoms with E-state index in [9.17, 15) is 9.59 Å². The lowest BCUT2D eigenvalue weighted by atomic mass is 10.1. The molecular weight excluding hydrogens is 542 g/mol. The molecule has 2 amide bonds. The highest BCUT2D eigenvalue weighted by Gasteiger charge is 2.43. The average molecular weight is 568 g/mol. The van der Waals surface area contributed by atoms with Crippen molar-refractivity contribution < 1.29 is 19.1 Å². The molecule has 1 aliphatic heterocycles. The highest BCUT2D eigenvalue weighted by atomic mass is 79.9. The number of ether oxygens (including phenoxy) is 2. The number of para-hydroxylation sites is 1. The lowest BCUT2D eigenvalue weighted by molar-refractivity contribution is -0.122. The maximum atomic E-state index is 13.5. The zero-order chi connectivity index (χ0) is 25.7. The Kier molecular flexibility index (Phi) is 8.22. The third-order valence-electron chi connectivity index (χ3n) is 5.96. The van der Waals surface area contributed by atoms with Crippen LogP contribution >= 0.6 is 28.1 Å². The lowest BCUT2D eigenvalue weighted by Gasteiger charge is -2.30. The number of halogens is 1. The molecule has 0 bridgehead atoms. The summed E-state index contributed by atoms with van der Waals surface area (Å²) in [5.41, 5.74) is 2.33. The lowest BCUT2D eigenvalue weighted by Crippen LogP contribution is -2.48. The molecule has 1 fully saturated rings. The molecule has 0 radical (unpaired) electrons. The predicted molar refractivity (Wildman–Crippen MR) is 148 cm³/mol. The molecule has 1 saturated heterocycles. The summed E-state index contributed by atoms with van der Waals surface area (Å²) in [6.45, 7) is 0.423. The predicted octanol–water partition coefficient (Wildman–Crippen LogP) is 5.04. The van der Waals surface area contributed by atoms with E-state index >= 15 is 0 Å². The van der Waals surface area contributed by atoms with E-state index < -0.39 is 6.04 Å². The minimum absolute atomic E-state index is 0.0391. The van der Waals surface area contributed by atoms with E-state index in [1.165, 1.54) is 4.90 Å². The molecule has 36 heavy (non-hydrogen) atoms. The second-order valence-electron chi connectivity index (χ2n) is 8.19. The molecule has 1 atom stereocenters. The second kappa shape index (κ2) is 11.5. The number of imide groups is 1. The van der Waals surface area contributed by atoms with Gasteiger partial charge in [-0.1, -0.05) is 40.2 Å². The van der Waals surface area contributed by atoms with Crippen molar-refractivity contribution in [2.45, 2.75) is 18.9 Å². The molecule has 0 aromatic heterocycles. The Morgan fingerprint density at radius 2 is 1.72 bits per heavy atom. The van der Waals surface area contributed by atoms with Gasteiger partial charge in [0.05, 0.1) is 26.3 Å². The van der Waals surface area contributed by atoms with Gasteiger partial charge < -0.3 is 19.7 Å². The molecule has 0 unspecified atom stereocenters. The van der Waals surface area contributed by atoms with Crippen LogP contribution in [0.3, 0.4) is 0 Å². The normalized spacial score (nSPS) is 15.1. The third kappa shape index (κ3) is 5.68. The van der Waals surface area contributed by atoms with E-state index in [0.29, 0.717) is 35.3 Å². The van der Waals surface area contributed by atoms with Crippen LogP contribution in [0.5, 0.6) is 11.5 Å². The zero-order valence-electron chi connectivity index (χ0n) is 19.9. The van der Waals surface area contributed by atoms with E-state index in [1.807, 2.05) is 48.5 Å². The van der Waals surface area contributed by atoms with Crippen LogP contribution in [-0.2, 0) is 16.0 Å². The molecule has 9 heteroatoms. The molecule has 186 valence electrons. The summed E-state index contributed by atoms with van der Waals surface area (Å²) in [5, 5.41) is 3.60. The Morgan fingerprint density at radius 1 is 1.03 bits per heavy atom. The summed E-state index contributed by atoms with van der Waals surface area (Å²) in [6, 6.07) is 21.6. The minimum atomic E-state index is -0.718. The Labute approximate surface area is 224 Å². The van der Waals surface area contributed by atoms with Gasteiger partial charge >= 0.3 is 0 Å². The fraction of sp³-hybridized carbons (Fsp3) is 0.222. The topological polar surface area (TPSA) is 71.1 Å². The van der Waals surface area contributed by atoms with E-state index in [-0.39, 0.29) is 18.2 Å². The van der Waals surface area contributed by atoms with Crippen molar-refractivity contribution in [2.75, 3.05) is 31.0 Å². The van der Waals surface area contributed by atoms with Crippen LogP contribution in [0.2, 0.25) is 0 Å². The van der Waals surface area contributed by atoms with Gasteiger partial charge in [0, 0.05) is 16.7 Å². The Hall–Kier alpha value is -3.43. The molecule has 1 heterocycles. The number of anilines is 2. The van der Waals surface area contributed by atoms with Gasteiger partial charge in [-0.05, 0) is 72.7 Å². The van der Waals surface area contributed by atoms with Gasteiger partial charge in [-0.2, -0.15) is 0 Å². The van der Waals surface area contributed by atoms with Crippen molar-refractivity contribution in [3.8, 4) is 11.5 Å². The fourth-order valence-electron chi connectivity index (χ4n) is 4.12. The molecule has 1 aliphatic rings. The van der Waals surface area contributed by atoms with Gasteiger partial charge in [-0.15, -0.1) is 0 Å². The van der Waals surface area contributed by atoms with E-state index in [2.05, 4.69) is 21.2 Å². The summed E-state index contributed by atoms with van der Waals surface area (Å²) < 4.78 is 11.6. The van der Waals surface area contributed by atoms with Crippen molar-refractivity contribution in [3.63, 3.8) is 0 Å². The summed E-state index contributed by atoms with van der Waals surface area (Å²) in [7, 11) is 3.18. The number of carbonyl (C=O) groups excluding carboxylic acids is 2. The van der Waals surface area contributed by atoms with Crippen LogP contribution in [0, 0.1) is 0 Å². The Morgan fingerprint density at radius 3 is 2.39 bits per heavy atom. The summed E-state index contributed by atoms with van der Waals surface area (Å²) in [4.78, 5) is 29.5. The highest BCUT2D eigenvalue weighted by molar-refractivity contribution is 9.10. The van der Waals surface area contributed by atoms with E-state index in [0.717, 1.165) is 15.7 Å². The first-order valence-corrected chi connectivity index (χ1v) is 12.6. The van der Waals surface area contributed by atoms with E-state index in [4.69, 9.17) is 21.7 Å². The number of carbonyl (C=O) groups is 2. The fourth-order valence-corrected chi connectivity index (χ4v) is 4.72. The number of methoxy groups -OCH3 is 2. The van der Waals surface area contributed by atoms with Crippen LogP contribution in [0.25, 0.3) is 0 Å². The number of rotatable bonds is 8. The number of nitrogens with zero attached hydrogens (tertiary/aromatic N) is 2. The summed E-state index contributed by atoms with van der Waals surface area (Å²) >= 11 is 9.14. The number of thiocarbonyl (C=S) groups is 1. The zero-order valence-corrected chi connectivity index (χ0v) is 22.3. The van der Waals surface area contributed by atoms with Gasteiger partial charge in [0.15, 0.2) is 16.6 Å².